The predicted octanol–water partition coefficient (Wildman–Crippen LogP) is 4.19. The van der Waals surface area contributed by atoms with Gasteiger partial charge >= 0.3 is 5.97 Å². The minimum Gasteiger partial charge on any atom is -0.493 e. The molecule has 0 spiro atoms. The van der Waals surface area contributed by atoms with Gasteiger partial charge in [-0.25, -0.2) is 9.48 Å². The van der Waals surface area contributed by atoms with Crippen molar-refractivity contribution in [2.45, 2.75) is 26.2 Å². The first-order chi connectivity index (χ1) is 14.5. The number of para-hydroxylation sites is 1. The van der Waals surface area contributed by atoms with Crippen LogP contribution in [0.1, 0.15) is 42.2 Å². The highest BCUT2D eigenvalue weighted by Gasteiger charge is 2.21. The fraction of sp³-hybridized carbons (Fsp3) is 0.261. The maximum absolute atomic E-state index is 12.4. The minimum absolute atomic E-state index is 0.00654. The van der Waals surface area contributed by atoms with Crippen LogP contribution in [-0.4, -0.2) is 35.4 Å². The minimum atomic E-state index is -0.733. The highest BCUT2D eigenvalue weighted by molar-refractivity contribution is 5.95. The van der Waals surface area contributed by atoms with Crippen LogP contribution in [0.15, 0.2) is 60.8 Å². The molecular weight excluding hydrogens is 382 g/mol. The van der Waals surface area contributed by atoms with Crippen LogP contribution in [0.2, 0.25) is 0 Å². The average Bonchev–Trinajstić information content (AvgIpc) is 3.23. The summed E-state index contributed by atoms with van der Waals surface area (Å²) >= 11 is 0. The summed E-state index contributed by atoms with van der Waals surface area (Å²) in [4.78, 5) is 24.6. The number of carbonyl (C=O) groups excluding carboxylic acids is 2. The van der Waals surface area contributed by atoms with Gasteiger partial charge in [-0.15, -0.1) is 0 Å². The summed E-state index contributed by atoms with van der Waals surface area (Å²) < 4.78 is 11.9. The standard InChI is InChI=1S/C23H25N3O4/c1-4-16(2)17-10-12-18(13-11-17)24-21(27)15-30-23(28)22-20(29-3)14-26(25-22)19-8-6-5-7-9-19/h5-14,16H,4,15H2,1-3H3,(H,24,27)/t16-/m0/s1. The Bertz CT molecular complexity index is 997. The molecule has 3 aromatic rings. The number of benzene rings is 2. The van der Waals surface area contributed by atoms with Gasteiger partial charge in [0, 0.05) is 5.69 Å². The number of methoxy groups -OCH3 is 1. The number of aromatic nitrogens is 2. The Kier molecular flexibility index (Phi) is 6.85. The third kappa shape index (κ3) is 5.05. The molecule has 0 aliphatic carbocycles. The second-order valence-corrected chi connectivity index (χ2v) is 6.88. The first-order valence-electron chi connectivity index (χ1n) is 9.77. The maximum Gasteiger partial charge on any atom is 0.363 e. The number of nitrogens with zero attached hydrogens (tertiary/aromatic N) is 2. The summed E-state index contributed by atoms with van der Waals surface area (Å²) in [6, 6.07) is 17.0. The molecule has 0 saturated carbocycles. The van der Waals surface area contributed by atoms with Gasteiger partial charge in [-0.3, -0.25) is 4.79 Å². The quantitative estimate of drug-likeness (QED) is 0.566. The van der Waals surface area contributed by atoms with Crippen molar-refractivity contribution in [1.29, 1.82) is 0 Å². The van der Waals surface area contributed by atoms with E-state index in [1.807, 2.05) is 54.6 Å². The lowest BCUT2D eigenvalue weighted by atomic mass is 9.99. The van der Waals surface area contributed by atoms with Crippen LogP contribution in [0.3, 0.4) is 0 Å². The van der Waals surface area contributed by atoms with Crippen molar-refractivity contribution in [1.82, 2.24) is 9.78 Å². The zero-order valence-corrected chi connectivity index (χ0v) is 17.3. The van der Waals surface area contributed by atoms with E-state index < -0.39 is 18.5 Å². The van der Waals surface area contributed by atoms with E-state index in [2.05, 4.69) is 24.3 Å². The number of hydrogen-bond donors (Lipinski definition) is 1. The van der Waals surface area contributed by atoms with E-state index in [1.165, 1.54) is 17.4 Å². The summed E-state index contributed by atoms with van der Waals surface area (Å²) in [5, 5.41) is 6.95. The van der Waals surface area contributed by atoms with Gasteiger partial charge in [-0.2, -0.15) is 5.10 Å². The van der Waals surface area contributed by atoms with E-state index in [-0.39, 0.29) is 11.4 Å². The van der Waals surface area contributed by atoms with Crippen molar-refractivity contribution in [3.8, 4) is 11.4 Å². The number of hydrogen-bond acceptors (Lipinski definition) is 5. The molecule has 0 aliphatic rings. The predicted molar refractivity (Wildman–Crippen MR) is 114 cm³/mol. The summed E-state index contributed by atoms with van der Waals surface area (Å²) in [6.45, 7) is 3.86. The summed E-state index contributed by atoms with van der Waals surface area (Å²) in [7, 11) is 1.44. The number of anilines is 1. The van der Waals surface area contributed by atoms with E-state index in [4.69, 9.17) is 9.47 Å². The molecule has 156 valence electrons. The molecule has 0 radical (unpaired) electrons. The van der Waals surface area contributed by atoms with Gasteiger partial charge in [0.15, 0.2) is 12.4 Å². The van der Waals surface area contributed by atoms with Crippen LogP contribution in [0.4, 0.5) is 5.69 Å². The Hall–Kier alpha value is -3.61. The van der Waals surface area contributed by atoms with Crippen molar-refractivity contribution in [3.05, 3.63) is 72.1 Å². The lowest BCUT2D eigenvalue weighted by Gasteiger charge is -2.10. The maximum atomic E-state index is 12.4. The second kappa shape index (κ2) is 9.73. The van der Waals surface area contributed by atoms with Gasteiger partial charge in [-0.1, -0.05) is 44.2 Å². The largest absolute Gasteiger partial charge is 0.493 e. The van der Waals surface area contributed by atoms with Crippen LogP contribution in [0.25, 0.3) is 5.69 Å². The van der Waals surface area contributed by atoms with Gasteiger partial charge in [0.1, 0.15) is 0 Å². The third-order valence-electron chi connectivity index (χ3n) is 4.82. The lowest BCUT2D eigenvalue weighted by molar-refractivity contribution is -0.119. The SMILES string of the molecule is CC[C@H](C)c1ccc(NC(=O)COC(=O)c2nn(-c3ccccc3)cc2OC)cc1. The molecule has 1 atom stereocenters. The van der Waals surface area contributed by atoms with Gasteiger partial charge in [0.25, 0.3) is 5.91 Å². The van der Waals surface area contributed by atoms with Crippen molar-refractivity contribution >= 4 is 17.6 Å². The Labute approximate surface area is 175 Å². The first kappa shape index (κ1) is 21.1. The molecule has 3 rings (SSSR count). The molecule has 2 aromatic carbocycles. The summed E-state index contributed by atoms with van der Waals surface area (Å²) in [5.41, 5.74) is 2.64. The molecule has 1 amide bonds. The third-order valence-corrected chi connectivity index (χ3v) is 4.82. The van der Waals surface area contributed by atoms with E-state index in [0.29, 0.717) is 11.6 Å². The normalized spacial score (nSPS) is 11.6. The van der Waals surface area contributed by atoms with E-state index in [0.717, 1.165) is 12.1 Å². The first-order valence-corrected chi connectivity index (χ1v) is 9.77. The van der Waals surface area contributed by atoms with Crippen LogP contribution in [0.5, 0.6) is 5.75 Å². The number of rotatable bonds is 8. The van der Waals surface area contributed by atoms with Crippen molar-refractivity contribution in [2.24, 2.45) is 0 Å². The molecule has 0 aliphatic heterocycles. The molecule has 7 heteroatoms. The van der Waals surface area contributed by atoms with Crippen LogP contribution >= 0.6 is 0 Å². The highest BCUT2D eigenvalue weighted by atomic mass is 16.5. The summed E-state index contributed by atoms with van der Waals surface area (Å²) in [6.07, 6.45) is 2.63. The Morgan fingerprint density at radius 1 is 1.10 bits per heavy atom. The van der Waals surface area contributed by atoms with Crippen molar-refractivity contribution < 1.29 is 19.1 Å². The van der Waals surface area contributed by atoms with Gasteiger partial charge in [-0.05, 0) is 42.2 Å². The lowest BCUT2D eigenvalue weighted by Crippen LogP contribution is -2.21. The zero-order chi connectivity index (χ0) is 21.5. The molecule has 0 bridgehead atoms. The Balaban J connectivity index is 1.60. The van der Waals surface area contributed by atoms with Crippen LogP contribution in [0, 0.1) is 0 Å². The molecule has 1 N–H and O–H groups in total. The fourth-order valence-corrected chi connectivity index (χ4v) is 2.89. The molecular formula is C23H25N3O4. The summed E-state index contributed by atoms with van der Waals surface area (Å²) in [5.74, 6) is -0.434. The molecule has 1 aromatic heterocycles. The average molecular weight is 407 g/mol. The molecule has 30 heavy (non-hydrogen) atoms. The molecule has 0 saturated heterocycles. The fourth-order valence-electron chi connectivity index (χ4n) is 2.89. The van der Waals surface area contributed by atoms with Crippen molar-refractivity contribution in [3.63, 3.8) is 0 Å². The Morgan fingerprint density at radius 2 is 1.80 bits per heavy atom. The smallest absolute Gasteiger partial charge is 0.363 e. The van der Waals surface area contributed by atoms with Gasteiger partial charge < -0.3 is 14.8 Å². The zero-order valence-electron chi connectivity index (χ0n) is 17.3. The van der Waals surface area contributed by atoms with Crippen molar-refractivity contribution in [2.75, 3.05) is 19.0 Å². The molecule has 0 fully saturated rings. The number of nitrogens with one attached hydrogen (secondary N) is 1. The number of amides is 1. The van der Waals surface area contributed by atoms with Gasteiger partial charge in [0.05, 0.1) is 19.0 Å². The number of carbonyl (C=O) groups is 2. The second-order valence-electron chi connectivity index (χ2n) is 6.88. The van der Waals surface area contributed by atoms with Crippen LogP contribution in [-0.2, 0) is 9.53 Å². The molecule has 1 heterocycles. The molecule has 0 unspecified atom stereocenters. The number of ether oxygens (including phenoxy) is 2. The number of esters is 1. The Morgan fingerprint density at radius 3 is 2.43 bits per heavy atom. The topological polar surface area (TPSA) is 82.5 Å². The molecule has 7 nitrogen and oxygen atoms in total. The highest BCUT2D eigenvalue weighted by Crippen LogP contribution is 2.21. The van der Waals surface area contributed by atoms with Crippen LogP contribution < -0.4 is 10.1 Å². The van der Waals surface area contributed by atoms with E-state index >= 15 is 0 Å². The van der Waals surface area contributed by atoms with E-state index in [1.54, 1.807) is 6.20 Å². The van der Waals surface area contributed by atoms with E-state index in [9.17, 15) is 9.59 Å². The van der Waals surface area contributed by atoms with Gasteiger partial charge in [0.2, 0.25) is 5.69 Å². The monoisotopic (exact) mass is 407 g/mol.